The smallest absolute Gasteiger partial charge is 0.174 e. The highest BCUT2D eigenvalue weighted by Crippen LogP contribution is 2.21. The number of nitrogens with one attached hydrogen (secondary N) is 1. The van der Waals surface area contributed by atoms with Crippen molar-refractivity contribution in [3.8, 4) is 0 Å². The van der Waals surface area contributed by atoms with Gasteiger partial charge in [0.15, 0.2) is 6.33 Å². The van der Waals surface area contributed by atoms with E-state index in [9.17, 15) is 4.91 Å². The number of rotatable bonds is 1. The highest BCUT2D eigenvalue weighted by atomic mass is 16.3. The van der Waals surface area contributed by atoms with E-state index in [2.05, 4.69) is 21.5 Å². The third kappa shape index (κ3) is 0.797. The van der Waals surface area contributed by atoms with E-state index >= 15 is 0 Å². The fraction of sp³-hybridized carbons (Fsp3) is 0. The number of hydrogen-bond acceptors (Lipinski definition) is 3. The van der Waals surface area contributed by atoms with Crippen LogP contribution in [0.1, 0.15) is 0 Å². The van der Waals surface area contributed by atoms with E-state index in [0.29, 0.717) is 11.2 Å². The molecule has 1 N–H and O–H groups in total. The molecule has 53 valence electrons. The zero-order chi connectivity index (χ0) is 7.68. The Morgan fingerprint density at radius 3 is 3.27 bits per heavy atom. The van der Waals surface area contributed by atoms with Gasteiger partial charge in [-0.2, -0.15) is 0 Å². The van der Waals surface area contributed by atoms with E-state index in [1.807, 2.05) is 6.07 Å². The Bertz CT molecular complexity index is 393. The Labute approximate surface area is 62.2 Å². The largest absolute Gasteiger partial charge is 0.335 e. The topological polar surface area (TPSA) is 58.1 Å². The van der Waals surface area contributed by atoms with E-state index < -0.39 is 0 Å². The summed E-state index contributed by atoms with van der Waals surface area (Å²) >= 11 is 0. The molecule has 0 aliphatic carbocycles. The molecule has 0 aliphatic heterocycles. The molecule has 1 radical (unpaired) electrons. The van der Waals surface area contributed by atoms with Gasteiger partial charge in [0.05, 0.1) is 5.52 Å². The number of fused-ring (bicyclic) bond motifs is 1. The molecule has 4 heteroatoms. The van der Waals surface area contributed by atoms with Gasteiger partial charge in [0.2, 0.25) is 0 Å². The van der Waals surface area contributed by atoms with Gasteiger partial charge < -0.3 is 4.98 Å². The highest BCUT2D eigenvalue weighted by Gasteiger charge is 2.01. The van der Waals surface area contributed by atoms with E-state index in [0.717, 1.165) is 5.52 Å². The molecule has 0 spiro atoms. The number of nitrogens with zero attached hydrogens (tertiary/aromatic N) is 2. The molecule has 1 heterocycles. The minimum absolute atomic E-state index is 0.347. The summed E-state index contributed by atoms with van der Waals surface area (Å²) in [5, 5.41) is 2.82. The summed E-state index contributed by atoms with van der Waals surface area (Å²) in [5.41, 5.74) is 1.70. The number of benzene rings is 1. The second-order valence-corrected chi connectivity index (χ2v) is 2.11. The van der Waals surface area contributed by atoms with E-state index in [1.165, 1.54) is 0 Å². The predicted molar refractivity (Wildman–Crippen MR) is 40.4 cm³/mol. The first-order valence-corrected chi connectivity index (χ1v) is 3.10. The lowest BCUT2D eigenvalue weighted by Gasteiger charge is -1.88. The average Bonchev–Trinajstić information content (AvgIpc) is 2.50. The standard InChI is InChI=1S/C7H4N3O/c11-10-6-3-1-2-5-7(6)9-4-8-5/h1-3H,(H,8,9). The van der Waals surface area contributed by atoms with Crippen LogP contribution in [-0.2, 0) is 0 Å². The molecule has 1 aromatic heterocycles. The number of nitroso groups, excluding NO2 is 1. The van der Waals surface area contributed by atoms with Crippen LogP contribution in [0, 0.1) is 11.2 Å². The minimum Gasteiger partial charge on any atom is -0.335 e. The van der Waals surface area contributed by atoms with Crippen LogP contribution in [0.4, 0.5) is 5.69 Å². The Morgan fingerprint density at radius 2 is 2.45 bits per heavy atom. The van der Waals surface area contributed by atoms with E-state index in [-0.39, 0.29) is 0 Å². The molecule has 4 nitrogen and oxygen atoms in total. The first-order chi connectivity index (χ1) is 5.42. The van der Waals surface area contributed by atoms with Crippen molar-refractivity contribution in [1.82, 2.24) is 9.97 Å². The van der Waals surface area contributed by atoms with Gasteiger partial charge in [0, 0.05) is 0 Å². The molecule has 0 saturated carbocycles. The molecular weight excluding hydrogens is 142 g/mol. The molecule has 1 aromatic carbocycles. The van der Waals surface area contributed by atoms with Crippen LogP contribution >= 0.6 is 0 Å². The Balaban J connectivity index is 2.88. The molecule has 0 amide bonds. The van der Waals surface area contributed by atoms with Crippen molar-refractivity contribution < 1.29 is 0 Å². The summed E-state index contributed by atoms with van der Waals surface area (Å²) in [6, 6.07) is 5.17. The third-order valence-electron chi connectivity index (χ3n) is 1.47. The maximum absolute atomic E-state index is 10.2. The zero-order valence-corrected chi connectivity index (χ0v) is 5.53. The van der Waals surface area contributed by atoms with Gasteiger partial charge in [-0.3, -0.25) is 0 Å². The number of aromatic nitrogens is 2. The van der Waals surface area contributed by atoms with Crippen molar-refractivity contribution in [3.63, 3.8) is 0 Å². The molecule has 11 heavy (non-hydrogen) atoms. The molecular formula is C7H4N3O. The monoisotopic (exact) mass is 146 g/mol. The number of hydrogen-bond donors (Lipinski definition) is 1. The molecule has 0 aliphatic rings. The van der Waals surface area contributed by atoms with Gasteiger partial charge in [-0.05, 0) is 17.3 Å². The summed E-state index contributed by atoms with van der Waals surface area (Å²) in [4.78, 5) is 16.8. The SMILES string of the molecule is O=Nc1cccc2[nH][c]nc12. The first kappa shape index (κ1) is 6.03. The summed E-state index contributed by atoms with van der Waals surface area (Å²) in [7, 11) is 0. The number of imidazole rings is 1. The lowest BCUT2D eigenvalue weighted by molar-refractivity contribution is 1.32. The average molecular weight is 146 g/mol. The lowest BCUT2D eigenvalue weighted by atomic mass is 10.3. The van der Waals surface area contributed by atoms with Crippen molar-refractivity contribution in [2.75, 3.05) is 0 Å². The predicted octanol–water partition coefficient (Wildman–Crippen LogP) is 1.76. The lowest BCUT2D eigenvalue weighted by Crippen LogP contribution is -1.68. The maximum atomic E-state index is 10.2. The molecule has 2 rings (SSSR count). The van der Waals surface area contributed by atoms with Crippen LogP contribution in [0.15, 0.2) is 23.4 Å². The van der Waals surface area contributed by atoms with Gasteiger partial charge in [0.1, 0.15) is 11.2 Å². The van der Waals surface area contributed by atoms with Crippen LogP contribution < -0.4 is 0 Å². The van der Waals surface area contributed by atoms with Crippen LogP contribution in [0.5, 0.6) is 0 Å². The number of aromatic amines is 1. The molecule has 0 unspecified atom stereocenters. The molecule has 0 fully saturated rings. The van der Waals surface area contributed by atoms with Crippen LogP contribution in [0.25, 0.3) is 11.0 Å². The van der Waals surface area contributed by atoms with Gasteiger partial charge >= 0.3 is 0 Å². The Kier molecular flexibility index (Phi) is 1.18. The number of para-hydroxylation sites is 1. The third-order valence-corrected chi connectivity index (χ3v) is 1.47. The van der Waals surface area contributed by atoms with Crippen LogP contribution in [-0.4, -0.2) is 9.97 Å². The summed E-state index contributed by atoms with van der Waals surface area (Å²) in [5.74, 6) is 0. The van der Waals surface area contributed by atoms with Gasteiger partial charge in [-0.25, -0.2) is 4.98 Å². The summed E-state index contributed by atoms with van der Waals surface area (Å²) in [6.45, 7) is 0. The Morgan fingerprint density at radius 1 is 1.55 bits per heavy atom. The minimum atomic E-state index is 0.347. The zero-order valence-electron chi connectivity index (χ0n) is 5.53. The normalized spacial score (nSPS) is 10.2. The van der Waals surface area contributed by atoms with E-state index in [1.54, 1.807) is 12.1 Å². The van der Waals surface area contributed by atoms with E-state index in [4.69, 9.17) is 0 Å². The molecule has 0 saturated heterocycles. The van der Waals surface area contributed by atoms with Crippen molar-refractivity contribution in [2.45, 2.75) is 0 Å². The summed E-state index contributed by atoms with van der Waals surface area (Å²) in [6.07, 6.45) is 2.54. The van der Waals surface area contributed by atoms with Gasteiger partial charge in [0.25, 0.3) is 0 Å². The van der Waals surface area contributed by atoms with Crippen molar-refractivity contribution >= 4 is 16.7 Å². The quantitative estimate of drug-likeness (QED) is 0.623. The first-order valence-electron chi connectivity index (χ1n) is 3.10. The van der Waals surface area contributed by atoms with Crippen LogP contribution in [0.3, 0.4) is 0 Å². The van der Waals surface area contributed by atoms with Crippen molar-refractivity contribution in [2.24, 2.45) is 5.18 Å². The molecule has 0 atom stereocenters. The Hall–Kier alpha value is -1.71. The highest BCUT2D eigenvalue weighted by molar-refractivity contribution is 5.85. The summed E-state index contributed by atoms with van der Waals surface area (Å²) < 4.78 is 0. The second kappa shape index (κ2) is 2.16. The molecule has 2 aromatic rings. The van der Waals surface area contributed by atoms with Crippen molar-refractivity contribution in [1.29, 1.82) is 0 Å². The fourth-order valence-corrected chi connectivity index (χ4v) is 0.967. The number of H-pyrrole nitrogens is 1. The van der Waals surface area contributed by atoms with Crippen molar-refractivity contribution in [3.05, 3.63) is 29.4 Å². The molecule has 0 bridgehead atoms. The fourth-order valence-electron chi connectivity index (χ4n) is 0.967. The van der Waals surface area contributed by atoms with Gasteiger partial charge in [-0.15, -0.1) is 4.91 Å². The maximum Gasteiger partial charge on any atom is 0.174 e. The van der Waals surface area contributed by atoms with Crippen LogP contribution in [0.2, 0.25) is 0 Å². The second-order valence-electron chi connectivity index (χ2n) is 2.11. The van der Waals surface area contributed by atoms with Gasteiger partial charge in [-0.1, -0.05) is 6.07 Å².